The fourth-order valence-corrected chi connectivity index (χ4v) is 2.48. The van der Waals surface area contributed by atoms with Crippen LogP contribution in [0.3, 0.4) is 0 Å². The summed E-state index contributed by atoms with van der Waals surface area (Å²) in [6.07, 6.45) is -3.27. The number of alkyl halides is 3. The smallest absolute Gasteiger partial charge is 0.422 e. The van der Waals surface area contributed by atoms with Crippen molar-refractivity contribution in [1.29, 1.82) is 0 Å². The number of hydrogen-bond donors (Lipinski definition) is 2. The van der Waals surface area contributed by atoms with E-state index in [0.29, 0.717) is 12.8 Å². The van der Waals surface area contributed by atoms with E-state index in [4.69, 9.17) is 4.74 Å². The predicted molar refractivity (Wildman–Crippen MR) is 74.7 cm³/mol. The minimum atomic E-state index is -4.45. The first-order valence-electron chi connectivity index (χ1n) is 7.05. The van der Waals surface area contributed by atoms with Crippen LogP contribution in [0.2, 0.25) is 0 Å². The molecular formula is C15H18F3NO3. The zero-order chi connectivity index (χ0) is 16.3. The standard InChI is InChI=1S/C15H18F3NO3/c1-9-5-6-11(13(7-9)22-8-15(16,17)18)19-14(21)10-3-2-4-12(10)20/h5-7,10,12,20H,2-4,8H2,1H3,(H,19,21). The highest BCUT2D eigenvalue weighted by atomic mass is 19.4. The molecule has 4 nitrogen and oxygen atoms in total. The van der Waals surface area contributed by atoms with Gasteiger partial charge in [-0.15, -0.1) is 0 Å². The molecule has 1 aliphatic carbocycles. The van der Waals surface area contributed by atoms with Crippen LogP contribution in [0.1, 0.15) is 24.8 Å². The summed E-state index contributed by atoms with van der Waals surface area (Å²) in [5.41, 5.74) is 0.898. The van der Waals surface area contributed by atoms with E-state index in [1.807, 2.05) is 0 Å². The molecule has 2 atom stereocenters. The summed E-state index contributed by atoms with van der Waals surface area (Å²) in [7, 11) is 0. The van der Waals surface area contributed by atoms with Crippen molar-refractivity contribution in [2.24, 2.45) is 5.92 Å². The lowest BCUT2D eigenvalue weighted by molar-refractivity contribution is -0.153. The lowest BCUT2D eigenvalue weighted by Crippen LogP contribution is -2.29. The number of hydrogen-bond acceptors (Lipinski definition) is 3. The summed E-state index contributed by atoms with van der Waals surface area (Å²) in [5.74, 6) is -0.958. The number of nitrogens with one attached hydrogen (secondary N) is 1. The van der Waals surface area contributed by atoms with Crippen molar-refractivity contribution < 1.29 is 27.8 Å². The highest BCUT2D eigenvalue weighted by molar-refractivity contribution is 5.94. The van der Waals surface area contributed by atoms with Crippen LogP contribution in [0.15, 0.2) is 18.2 Å². The highest BCUT2D eigenvalue weighted by Crippen LogP contribution is 2.31. The summed E-state index contributed by atoms with van der Waals surface area (Å²) in [6, 6.07) is 4.61. The van der Waals surface area contributed by atoms with Crippen molar-refractivity contribution in [3.8, 4) is 5.75 Å². The Morgan fingerprint density at radius 1 is 1.41 bits per heavy atom. The molecule has 2 rings (SSSR count). The lowest BCUT2D eigenvalue weighted by atomic mass is 10.0. The normalized spacial score (nSPS) is 21.7. The number of carbonyl (C=O) groups is 1. The van der Waals surface area contributed by atoms with Gasteiger partial charge in [-0.1, -0.05) is 6.07 Å². The van der Waals surface area contributed by atoms with Crippen molar-refractivity contribution in [1.82, 2.24) is 0 Å². The molecule has 0 radical (unpaired) electrons. The van der Waals surface area contributed by atoms with E-state index in [2.05, 4.69) is 5.32 Å². The molecule has 0 spiro atoms. The number of aryl methyl sites for hydroxylation is 1. The van der Waals surface area contributed by atoms with Crippen molar-refractivity contribution in [3.05, 3.63) is 23.8 Å². The van der Waals surface area contributed by atoms with Gasteiger partial charge in [0.05, 0.1) is 17.7 Å². The summed E-state index contributed by atoms with van der Waals surface area (Å²) < 4.78 is 41.6. The first-order chi connectivity index (χ1) is 10.3. The molecule has 1 saturated carbocycles. The van der Waals surface area contributed by atoms with Gasteiger partial charge in [-0.3, -0.25) is 4.79 Å². The van der Waals surface area contributed by atoms with Crippen LogP contribution >= 0.6 is 0 Å². The molecule has 1 fully saturated rings. The molecule has 1 aromatic carbocycles. The Kier molecular flexibility index (Phi) is 4.95. The Labute approximate surface area is 126 Å². The lowest BCUT2D eigenvalue weighted by Gasteiger charge is -2.18. The van der Waals surface area contributed by atoms with Gasteiger partial charge in [0.25, 0.3) is 0 Å². The minimum absolute atomic E-state index is 0.0295. The van der Waals surface area contributed by atoms with E-state index in [0.717, 1.165) is 12.0 Å². The molecular weight excluding hydrogens is 299 g/mol. The summed E-state index contributed by atoms with van der Waals surface area (Å²) >= 11 is 0. The highest BCUT2D eigenvalue weighted by Gasteiger charge is 2.32. The van der Waals surface area contributed by atoms with Crippen LogP contribution in [0.4, 0.5) is 18.9 Å². The van der Waals surface area contributed by atoms with E-state index in [1.165, 1.54) is 12.1 Å². The molecule has 0 aromatic heterocycles. The molecule has 22 heavy (non-hydrogen) atoms. The van der Waals surface area contributed by atoms with Gasteiger partial charge in [-0.25, -0.2) is 0 Å². The van der Waals surface area contributed by atoms with Crippen LogP contribution in [-0.2, 0) is 4.79 Å². The topological polar surface area (TPSA) is 58.6 Å². The average Bonchev–Trinajstić information content (AvgIpc) is 2.84. The van der Waals surface area contributed by atoms with E-state index in [1.54, 1.807) is 13.0 Å². The second-order valence-electron chi connectivity index (χ2n) is 5.50. The Balaban J connectivity index is 2.11. The van der Waals surface area contributed by atoms with Crippen molar-refractivity contribution >= 4 is 11.6 Å². The molecule has 7 heteroatoms. The van der Waals surface area contributed by atoms with Crippen LogP contribution in [0.25, 0.3) is 0 Å². The quantitative estimate of drug-likeness (QED) is 0.897. The van der Waals surface area contributed by atoms with E-state index in [-0.39, 0.29) is 11.4 Å². The number of carbonyl (C=O) groups excluding carboxylic acids is 1. The first kappa shape index (κ1) is 16.6. The van der Waals surface area contributed by atoms with Gasteiger partial charge in [-0.2, -0.15) is 13.2 Å². The molecule has 2 unspecified atom stereocenters. The third kappa shape index (κ3) is 4.37. The third-order valence-electron chi connectivity index (χ3n) is 3.60. The van der Waals surface area contributed by atoms with E-state index in [9.17, 15) is 23.1 Å². The number of halogens is 3. The number of aliphatic hydroxyl groups is 1. The van der Waals surface area contributed by atoms with Gasteiger partial charge in [0.1, 0.15) is 5.75 Å². The molecule has 1 aliphatic rings. The van der Waals surface area contributed by atoms with Crippen LogP contribution in [0, 0.1) is 12.8 Å². The van der Waals surface area contributed by atoms with Gasteiger partial charge in [0.15, 0.2) is 6.61 Å². The van der Waals surface area contributed by atoms with Gasteiger partial charge >= 0.3 is 6.18 Å². The van der Waals surface area contributed by atoms with Crippen molar-refractivity contribution in [2.45, 2.75) is 38.5 Å². The monoisotopic (exact) mass is 317 g/mol. The maximum absolute atomic E-state index is 12.3. The van der Waals surface area contributed by atoms with E-state index < -0.39 is 30.7 Å². The molecule has 2 N–H and O–H groups in total. The number of amides is 1. The van der Waals surface area contributed by atoms with Crippen molar-refractivity contribution in [2.75, 3.05) is 11.9 Å². The maximum atomic E-state index is 12.3. The van der Waals surface area contributed by atoms with Gasteiger partial charge < -0.3 is 15.2 Å². The number of benzene rings is 1. The number of ether oxygens (including phenoxy) is 1. The fourth-order valence-electron chi connectivity index (χ4n) is 2.48. The second-order valence-corrected chi connectivity index (χ2v) is 5.50. The molecule has 0 heterocycles. The maximum Gasteiger partial charge on any atom is 0.422 e. The number of aliphatic hydroxyl groups excluding tert-OH is 1. The van der Waals surface area contributed by atoms with Crippen molar-refractivity contribution in [3.63, 3.8) is 0 Å². The Bertz CT molecular complexity index is 545. The summed E-state index contributed by atoms with van der Waals surface area (Å²) in [4.78, 5) is 12.1. The molecule has 0 bridgehead atoms. The number of anilines is 1. The second kappa shape index (κ2) is 6.56. The molecule has 0 aliphatic heterocycles. The van der Waals surface area contributed by atoms with Crippen LogP contribution < -0.4 is 10.1 Å². The Hall–Kier alpha value is -1.76. The molecule has 0 saturated heterocycles. The fraction of sp³-hybridized carbons (Fsp3) is 0.533. The molecule has 1 amide bonds. The summed E-state index contributed by atoms with van der Waals surface area (Å²) in [5, 5.41) is 12.3. The van der Waals surface area contributed by atoms with Gasteiger partial charge in [-0.05, 0) is 43.9 Å². The molecule has 122 valence electrons. The largest absolute Gasteiger partial charge is 0.482 e. The Morgan fingerprint density at radius 3 is 2.73 bits per heavy atom. The predicted octanol–water partition coefficient (Wildman–Crippen LogP) is 3.04. The average molecular weight is 317 g/mol. The van der Waals surface area contributed by atoms with Gasteiger partial charge in [0, 0.05) is 0 Å². The minimum Gasteiger partial charge on any atom is -0.482 e. The summed E-state index contributed by atoms with van der Waals surface area (Å²) in [6.45, 7) is 0.290. The van der Waals surface area contributed by atoms with Crippen LogP contribution in [0.5, 0.6) is 5.75 Å². The van der Waals surface area contributed by atoms with Crippen LogP contribution in [-0.4, -0.2) is 29.9 Å². The third-order valence-corrected chi connectivity index (χ3v) is 3.60. The molecule has 1 aromatic rings. The zero-order valence-corrected chi connectivity index (χ0v) is 12.1. The first-order valence-corrected chi connectivity index (χ1v) is 7.05. The van der Waals surface area contributed by atoms with E-state index >= 15 is 0 Å². The SMILES string of the molecule is Cc1ccc(NC(=O)C2CCCC2O)c(OCC(F)(F)F)c1. The zero-order valence-electron chi connectivity index (χ0n) is 12.1. The van der Waals surface area contributed by atoms with Gasteiger partial charge in [0.2, 0.25) is 5.91 Å². The number of rotatable bonds is 4. The Morgan fingerprint density at radius 2 is 2.14 bits per heavy atom.